The van der Waals surface area contributed by atoms with E-state index in [1.54, 1.807) is 41.5 Å². The number of amides is 2. The third kappa shape index (κ3) is 6.25. The molecule has 4 rings (SSSR count). The number of hydrogen-bond acceptors (Lipinski definition) is 5. The molecule has 196 valence electrons. The Labute approximate surface area is 222 Å². The number of fused-ring (bicyclic) bond motifs is 1. The number of ether oxygens (including phenoxy) is 2. The highest BCUT2D eigenvalue weighted by Crippen LogP contribution is 2.41. The van der Waals surface area contributed by atoms with Crippen LogP contribution < -0.4 is 5.43 Å². The van der Waals surface area contributed by atoms with Crippen LogP contribution in [0.25, 0.3) is 22.4 Å². The zero-order valence-electron chi connectivity index (χ0n) is 22.0. The van der Waals surface area contributed by atoms with E-state index < -0.39 is 29.4 Å². The lowest BCUT2D eigenvalue weighted by molar-refractivity contribution is -0.00997. The number of H-pyrrole nitrogens is 1. The highest BCUT2D eigenvalue weighted by Gasteiger charge is 2.38. The first kappa shape index (κ1) is 26.5. The van der Waals surface area contributed by atoms with Crippen molar-refractivity contribution in [2.45, 2.75) is 71.1 Å². The minimum absolute atomic E-state index is 0.302. The lowest BCUT2D eigenvalue weighted by Crippen LogP contribution is -2.55. The Balaban J connectivity index is 1.73. The summed E-state index contributed by atoms with van der Waals surface area (Å²) in [5.74, 6) is 0.328. The van der Waals surface area contributed by atoms with Crippen molar-refractivity contribution in [2.75, 3.05) is 0 Å². The number of aromatic nitrogens is 2. The topological polar surface area (TPSA) is 96.6 Å². The number of halogens is 1. The molecule has 0 saturated carbocycles. The van der Waals surface area contributed by atoms with Crippen molar-refractivity contribution in [3.63, 3.8) is 0 Å². The van der Waals surface area contributed by atoms with Gasteiger partial charge in [0.2, 0.25) is 0 Å². The van der Waals surface area contributed by atoms with E-state index in [4.69, 9.17) is 26.1 Å². The minimum Gasteiger partial charge on any atom is -0.443 e. The van der Waals surface area contributed by atoms with Gasteiger partial charge in [0.05, 0.1) is 22.1 Å². The molecule has 0 spiro atoms. The van der Waals surface area contributed by atoms with E-state index in [1.807, 2.05) is 54.6 Å². The van der Waals surface area contributed by atoms with Crippen LogP contribution in [0.5, 0.6) is 0 Å². The van der Waals surface area contributed by atoms with Gasteiger partial charge in [-0.2, -0.15) is 0 Å². The number of aromatic amines is 1. The average molecular weight is 525 g/mol. The summed E-state index contributed by atoms with van der Waals surface area (Å²) >= 11 is 6.72. The zero-order valence-corrected chi connectivity index (χ0v) is 22.7. The molecule has 1 aliphatic carbocycles. The first-order chi connectivity index (χ1) is 17.3. The van der Waals surface area contributed by atoms with E-state index in [9.17, 15) is 9.59 Å². The van der Waals surface area contributed by atoms with Crippen molar-refractivity contribution < 1.29 is 19.1 Å². The van der Waals surface area contributed by atoms with E-state index in [0.717, 1.165) is 22.2 Å². The molecule has 0 aliphatic heterocycles. The van der Waals surface area contributed by atoms with Crippen LogP contribution in [0.3, 0.4) is 0 Å². The number of nitrogens with one attached hydrogen (secondary N) is 2. The zero-order chi connectivity index (χ0) is 27.0. The van der Waals surface area contributed by atoms with Gasteiger partial charge in [-0.15, -0.1) is 0 Å². The molecule has 37 heavy (non-hydrogen) atoms. The molecule has 2 N–H and O–H groups in total. The molecule has 1 aliphatic rings. The quantitative estimate of drug-likeness (QED) is 0.285. The number of para-hydroxylation sites is 2. The van der Waals surface area contributed by atoms with Gasteiger partial charge >= 0.3 is 12.2 Å². The summed E-state index contributed by atoms with van der Waals surface area (Å²) in [5.41, 5.74) is 4.45. The van der Waals surface area contributed by atoms with E-state index >= 15 is 0 Å². The van der Waals surface area contributed by atoms with Crippen LogP contribution in [0.2, 0.25) is 5.02 Å². The number of benzene rings is 2. The van der Waals surface area contributed by atoms with E-state index in [2.05, 4.69) is 10.4 Å². The second-order valence-corrected chi connectivity index (χ2v) is 11.4. The molecule has 1 aromatic heterocycles. The summed E-state index contributed by atoms with van der Waals surface area (Å²) in [6.45, 7) is 10.6. The minimum atomic E-state index is -0.762. The monoisotopic (exact) mass is 524 g/mol. The maximum absolute atomic E-state index is 13.3. The predicted molar refractivity (Wildman–Crippen MR) is 144 cm³/mol. The summed E-state index contributed by atoms with van der Waals surface area (Å²) < 4.78 is 11.1. The van der Waals surface area contributed by atoms with Crippen LogP contribution in [0.4, 0.5) is 9.59 Å². The van der Waals surface area contributed by atoms with Crippen LogP contribution in [0.1, 0.15) is 59.4 Å². The Morgan fingerprint density at radius 2 is 1.73 bits per heavy atom. The fourth-order valence-corrected chi connectivity index (χ4v) is 4.60. The molecule has 0 bridgehead atoms. The van der Waals surface area contributed by atoms with Gasteiger partial charge in [0.15, 0.2) is 0 Å². The first-order valence-corrected chi connectivity index (χ1v) is 12.6. The first-order valence-electron chi connectivity index (χ1n) is 12.2. The van der Waals surface area contributed by atoms with Crippen molar-refractivity contribution in [3.05, 3.63) is 65.2 Å². The lowest BCUT2D eigenvalue weighted by Gasteiger charge is -2.35. The molecule has 1 heterocycles. The van der Waals surface area contributed by atoms with Gasteiger partial charge in [-0.1, -0.05) is 48.0 Å². The van der Waals surface area contributed by atoms with E-state index in [0.29, 0.717) is 17.3 Å². The third-order valence-electron chi connectivity index (χ3n) is 5.70. The molecule has 0 fully saturated rings. The highest BCUT2D eigenvalue weighted by atomic mass is 35.5. The average Bonchev–Trinajstić information content (AvgIpc) is 3.41. The van der Waals surface area contributed by atoms with Crippen molar-refractivity contribution >= 4 is 34.8 Å². The largest absolute Gasteiger partial charge is 0.443 e. The lowest BCUT2D eigenvalue weighted by atomic mass is 9.89. The Morgan fingerprint density at radius 3 is 2.41 bits per heavy atom. The number of hydrazine groups is 1. The van der Waals surface area contributed by atoms with Gasteiger partial charge in [0, 0.05) is 11.5 Å². The van der Waals surface area contributed by atoms with Crippen molar-refractivity contribution in [3.8, 4) is 11.4 Å². The Hall–Kier alpha value is -3.52. The normalized spacial score (nSPS) is 17.6. The number of carbonyl (C=O) groups excluding carboxylic acids is 2. The summed E-state index contributed by atoms with van der Waals surface area (Å²) in [6, 6.07) is 12.9. The third-order valence-corrected chi connectivity index (χ3v) is 6.01. The Bertz CT molecular complexity index is 1300. The predicted octanol–water partition coefficient (Wildman–Crippen LogP) is 6.97. The second-order valence-electron chi connectivity index (χ2n) is 11.0. The number of rotatable bonds is 3. The molecule has 0 saturated heterocycles. The SMILES string of the molecule is CC(C)(C)OC(=O)NN(C(=O)OC(C)(C)C)[C@@H]1CC=C[C@H]1c1cccc(Cl)c1-c1nc2ccccc2[nH]1. The fourth-order valence-electron chi connectivity index (χ4n) is 4.33. The maximum Gasteiger partial charge on any atom is 0.429 e. The summed E-state index contributed by atoms with van der Waals surface area (Å²) in [6.07, 6.45) is 3.06. The van der Waals surface area contributed by atoms with Crippen molar-refractivity contribution in [2.24, 2.45) is 0 Å². The maximum atomic E-state index is 13.3. The van der Waals surface area contributed by atoms with Crippen molar-refractivity contribution in [1.29, 1.82) is 0 Å². The van der Waals surface area contributed by atoms with Crippen LogP contribution in [-0.2, 0) is 9.47 Å². The molecule has 2 aromatic carbocycles. The van der Waals surface area contributed by atoms with Gasteiger partial charge in [0.25, 0.3) is 0 Å². The van der Waals surface area contributed by atoms with Gasteiger partial charge in [0.1, 0.15) is 17.0 Å². The summed E-state index contributed by atoms with van der Waals surface area (Å²) in [5, 5.41) is 1.76. The standard InChI is InChI=1S/C28H33ClN4O4/c1-27(2,3)36-25(34)32-33(26(35)37-28(4,5)6)22-16-10-11-17(22)18-12-9-13-19(29)23(18)24-30-20-14-7-8-15-21(20)31-24/h7-15,17,22H,16H2,1-6H3,(H,30,31)(H,32,34)/t17-,22+/m0/s1. The molecule has 3 aromatic rings. The second kappa shape index (κ2) is 10.1. The van der Waals surface area contributed by atoms with Gasteiger partial charge in [-0.3, -0.25) is 0 Å². The van der Waals surface area contributed by atoms with Crippen LogP contribution in [0.15, 0.2) is 54.6 Å². The Morgan fingerprint density at radius 1 is 1.03 bits per heavy atom. The summed E-state index contributed by atoms with van der Waals surface area (Å²) in [4.78, 5) is 34.2. The number of carbonyl (C=O) groups is 2. The highest BCUT2D eigenvalue weighted by molar-refractivity contribution is 6.33. The van der Waals surface area contributed by atoms with Crippen LogP contribution in [-0.4, -0.2) is 44.4 Å². The number of hydrogen-bond donors (Lipinski definition) is 2. The number of nitrogens with zero attached hydrogens (tertiary/aromatic N) is 2. The Kier molecular flexibility index (Phi) is 7.24. The van der Waals surface area contributed by atoms with Gasteiger partial charge in [-0.25, -0.2) is 25.0 Å². The molecular weight excluding hydrogens is 492 g/mol. The fraction of sp³-hybridized carbons (Fsp3) is 0.393. The van der Waals surface area contributed by atoms with E-state index in [1.165, 1.54) is 5.01 Å². The molecule has 2 atom stereocenters. The molecule has 2 amide bonds. The van der Waals surface area contributed by atoms with Gasteiger partial charge in [-0.05, 0) is 71.7 Å². The molecule has 0 radical (unpaired) electrons. The molecule has 8 nitrogen and oxygen atoms in total. The molecular formula is C28H33ClN4O4. The smallest absolute Gasteiger partial charge is 0.429 e. The van der Waals surface area contributed by atoms with Crippen LogP contribution >= 0.6 is 11.6 Å². The van der Waals surface area contributed by atoms with Crippen molar-refractivity contribution in [1.82, 2.24) is 20.4 Å². The van der Waals surface area contributed by atoms with Crippen LogP contribution in [0, 0.1) is 0 Å². The number of imidazole rings is 1. The van der Waals surface area contributed by atoms with E-state index in [-0.39, 0.29) is 5.92 Å². The van der Waals surface area contributed by atoms with Gasteiger partial charge < -0.3 is 14.5 Å². The summed E-state index contributed by atoms with van der Waals surface area (Å²) in [7, 11) is 0. The molecule has 9 heteroatoms. The molecule has 0 unspecified atom stereocenters.